The molecule has 0 aromatic rings. The Morgan fingerprint density at radius 3 is 2.18 bits per heavy atom. The molecule has 1 aliphatic rings. The van der Waals surface area contributed by atoms with Crippen LogP contribution in [0, 0.1) is 5.41 Å². The van der Waals surface area contributed by atoms with Crippen molar-refractivity contribution < 1.29 is 4.79 Å². The van der Waals surface area contributed by atoms with Gasteiger partial charge in [-0.2, -0.15) is 0 Å². The van der Waals surface area contributed by atoms with Gasteiger partial charge in [-0.3, -0.25) is 4.79 Å². The van der Waals surface area contributed by atoms with Gasteiger partial charge < -0.3 is 10.2 Å². The largest absolute Gasteiger partial charge is 0.343 e. The highest BCUT2D eigenvalue weighted by Crippen LogP contribution is 2.25. The zero-order chi connectivity index (χ0) is 13.1. The van der Waals surface area contributed by atoms with Gasteiger partial charge in [-0.25, -0.2) is 0 Å². The van der Waals surface area contributed by atoms with E-state index in [1.54, 1.807) is 0 Å². The van der Waals surface area contributed by atoms with Crippen LogP contribution >= 0.6 is 0 Å². The van der Waals surface area contributed by atoms with Crippen molar-refractivity contribution in [1.29, 1.82) is 0 Å². The number of rotatable bonds is 3. The van der Waals surface area contributed by atoms with Crippen molar-refractivity contribution in [3.05, 3.63) is 0 Å². The van der Waals surface area contributed by atoms with Crippen LogP contribution in [0.1, 0.15) is 52.9 Å². The highest BCUT2D eigenvalue weighted by Gasteiger charge is 2.27. The molecule has 0 atom stereocenters. The number of amides is 1. The molecule has 0 aromatic heterocycles. The lowest BCUT2D eigenvalue weighted by atomic mass is 9.88. The van der Waals surface area contributed by atoms with E-state index in [1.165, 1.54) is 12.8 Å². The van der Waals surface area contributed by atoms with Gasteiger partial charge in [-0.1, -0.05) is 20.8 Å². The Balaban J connectivity index is 2.43. The van der Waals surface area contributed by atoms with Gasteiger partial charge in [0.2, 0.25) is 5.91 Å². The van der Waals surface area contributed by atoms with Crippen LogP contribution in [-0.4, -0.2) is 37.0 Å². The van der Waals surface area contributed by atoms with E-state index in [-0.39, 0.29) is 5.41 Å². The Morgan fingerprint density at radius 2 is 1.76 bits per heavy atom. The summed E-state index contributed by atoms with van der Waals surface area (Å²) in [5, 5.41) is 3.33. The third-order valence-corrected chi connectivity index (χ3v) is 3.73. The Morgan fingerprint density at radius 1 is 1.24 bits per heavy atom. The highest BCUT2D eigenvalue weighted by atomic mass is 16.2. The first kappa shape index (κ1) is 14.5. The molecular formula is C14H28N2O. The number of carbonyl (C=O) groups is 1. The van der Waals surface area contributed by atoms with E-state index >= 15 is 0 Å². The summed E-state index contributed by atoms with van der Waals surface area (Å²) < 4.78 is 0. The van der Waals surface area contributed by atoms with Crippen molar-refractivity contribution in [2.45, 2.75) is 65.0 Å². The lowest BCUT2D eigenvalue weighted by Gasteiger charge is -2.35. The second-order valence-corrected chi connectivity index (χ2v) is 6.54. The average Bonchev–Trinajstić information content (AvgIpc) is 2.26. The van der Waals surface area contributed by atoms with E-state index in [4.69, 9.17) is 0 Å². The molecule has 0 aliphatic heterocycles. The van der Waals surface area contributed by atoms with E-state index in [9.17, 15) is 4.79 Å². The number of hydrogen-bond acceptors (Lipinski definition) is 2. The third-order valence-electron chi connectivity index (χ3n) is 3.73. The summed E-state index contributed by atoms with van der Waals surface area (Å²) in [6, 6.07) is 1.10. The van der Waals surface area contributed by atoms with Crippen LogP contribution in [0.4, 0.5) is 0 Å². The average molecular weight is 240 g/mol. The first-order chi connectivity index (χ1) is 7.83. The van der Waals surface area contributed by atoms with E-state index in [2.05, 4.69) is 26.1 Å². The van der Waals surface area contributed by atoms with Gasteiger partial charge >= 0.3 is 0 Å². The van der Waals surface area contributed by atoms with Crippen molar-refractivity contribution in [3.63, 3.8) is 0 Å². The summed E-state index contributed by atoms with van der Waals surface area (Å²) in [7, 11) is 4.00. The maximum Gasteiger partial charge on any atom is 0.223 e. The first-order valence-electron chi connectivity index (χ1n) is 6.76. The van der Waals surface area contributed by atoms with Gasteiger partial charge in [-0.05, 0) is 38.1 Å². The molecule has 0 bridgehead atoms. The standard InChI is InChI=1S/C14H28N2O/c1-14(2,3)10-13(17)16(5)12-8-6-11(15-4)7-9-12/h11-12,15H,6-10H2,1-5H3. The summed E-state index contributed by atoms with van der Waals surface area (Å²) in [5.74, 6) is 0.297. The van der Waals surface area contributed by atoms with Crippen LogP contribution in [0.3, 0.4) is 0 Å². The van der Waals surface area contributed by atoms with Crippen LogP contribution in [0.15, 0.2) is 0 Å². The van der Waals surface area contributed by atoms with Crippen LogP contribution in [-0.2, 0) is 4.79 Å². The smallest absolute Gasteiger partial charge is 0.223 e. The molecule has 100 valence electrons. The van der Waals surface area contributed by atoms with Crippen molar-refractivity contribution in [1.82, 2.24) is 10.2 Å². The van der Waals surface area contributed by atoms with Crippen molar-refractivity contribution in [2.75, 3.05) is 14.1 Å². The molecule has 3 heteroatoms. The monoisotopic (exact) mass is 240 g/mol. The number of nitrogens with zero attached hydrogens (tertiary/aromatic N) is 1. The lowest BCUT2D eigenvalue weighted by Crippen LogP contribution is -2.43. The summed E-state index contributed by atoms with van der Waals surface area (Å²) in [6.45, 7) is 6.37. The second-order valence-electron chi connectivity index (χ2n) is 6.54. The Hall–Kier alpha value is -0.570. The normalized spacial score (nSPS) is 25.7. The quantitative estimate of drug-likeness (QED) is 0.821. The minimum absolute atomic E-state index is 0.0908. The molecular weight excluding hydrogens is 212 g/mol. The van der Waals surface area contributed by atoms with Crippen molar-refractivity contribution in [3.8, 4) is 0 Å². The highest BCUT2D eigenvalue weighted by molar-refractivity contribution is 5.76. The molecule has 0 unspecified atom stereocenters. The zero-order valence-electron chi connectivity index (χ0n) is 12.0. The van der Waals surface area contributed by atoms with Crippen molar-refractivity contribution in [2.24, 2.45) is 5.41 Å². The van der Waals surface area contributed by atoms with Crippen LogP contribution in [0.5, 0.6) is 0 Å². The predicted octanol–water partition coefficient (Wildman–Crippen LogP) is 2.41. The number of carbonyl (C=O) groups excluding carboxylic acids is 1. The van der Waals surface area contributed by atoms with Crippen molar-refractivity contribution >= 4 is 5.91 Å². The van der Waals surface area contributed by atoms with Gasteiger partial charge in [-0.15, -0.1) is 0 Å². The molecule has 1 aliphatic carbocycles. The third kappa shape index (κ3) is 4.66. The molecule has 1 fully saturated rings. The fraction of sp³-hybridized carbons (Fsp3) is 0.929. The summed E-state index contributed by atoms with van der Waals surface area (Å²) in [5.41, 5.74) is 0.0908. The van der Waals surface area contributed by atoms with Gasteiger partial charge in [0, 0.05) is 25.6 Å². The van der Waals surface area contributed by atoms with Crippen LogP contribution in [0.2, 0.25) is 0 Å². The van der Waals surface area contributed by atoms with E-state index in [0.717, 1.165) is 12.8 Å². The molecule has 1 amide bonds. The molecule has 17 heavy (non-hydrogen) atoms. The zero-order valence-corrected chi connectivity index (χ0v) is 12.0. The molecule has 0 aromatic carbocycles. The van der Waals surface area contributed by atoms with E-state index in [0.29, 0.717) is 24.4 Å². The SMILES string of the molecule is CNC1CCC(N(C)C(=O)CC(C)(C)C)CC1. The Labute approximate surface area is 106 Å². The fourth-order valence-electron chi connectivity index (χ4n) is 2.53. The second kappa shape index (κ2) is 5.85. The van der Waals surface area contributed by atoms with Crippen LogP contribution in [0.25, 0.3) is 0 Å². The number of nitrogens with one attached hydrogen (secondary N) is 1. The first-order valence-corrected chi connectivity index (χ1v) is 6.76. The molecule has 1 N–H and O–H groups in total. The van der Waals surface area contributed by atoms with E-state index < -0.39 is 0 Å². The topological polar surface area (TPSA) is 32.3 Å². The summed E-state index contributed by atoms with van der Waals surface area (Å²) in [6.07, 6.45) is 5.30. The molecule has 1 rings (SSSR count). The number of hydrogen-bond donors (Lipinski definition) is 1. The maximum absolute atomic E-state index is 12.1. The van der Waals surface area contributed by atoms with Gasteiger partial charge in [0.25, 0.3) is 0 Å². The van der Waals surface area contributed by atoms with Crippen LogP contribution < -0.4 is 5.32 Å². The summed E-state index contributed by atoms with van der Waals surface area (Å²) in [4.78, 5) is 14.1. The Bertz CT molecular complexity index is 249. The predicted molar refractivity (Wildman–Crippen MR) is 71.9 cm³/mol. The van der Waals surface area contributed by atoms with Gasteiger partial charge in [0.15, 0.2) is 0 Å². The molecule has 0 heterocycles. The van der Waals surface area contributed by atoms with Gasteiger partial charge in [0.05, 0.1) is 0 Å². The van der Waals surface area contributed by atoms with Gasteiger partial charge in [0.1, 0.15) is 0 Å². The Kier molecular flexibility index (Phi) is 4.99. The van der Waals surface area contributed by atoms with E-state index in [1.807, 2.05) is 19.0 Å². The molecule has 0 radical (unpaired) electrons. The fourth-order valence-corrected chi connectivity index (χ4v) is 2.53. The minimum atomic E-state index is 0.0908. The molecule has 3 nitrogen and oxygen atoms in total. The molecule has 0 saturated heterocycles. The molecule has 1 saturated carbocycles. The summed E-state index contributed by atoms with van der Waals surface area (Å²) >= 11 is 0. The minimum Gasteiger partial charge on any atom is -0.343 e. The molecule has 0 spiro atoms. The maximum atomic E-state index is 12.1. The lowest BCUT2D eigenvalue weighted by molar-refractivity contribution is -0.134.